The quantitative estimate of drug-likeness (QED) is 0.877. The van der Waals surface area contributed by atoms with Gasteiger partial charge in [-0.1, -0.05) is 6.58 Å². The van der Waals surface area contributed by atoms with Crippen LogP contribution in [0.2, 0.25) is 0 Å². The molecular formula is C18H19N3O3. The normalized spacial score (nSPS) is 20.3. The lowest BCUT2D eigenvalue weighted by Gasteiger charge is -2.22. The van der Waals surface area contributed by atoms with E-state index in [-0.39, 0.29) is 11.8 Å². The number of likely N-dealkylation sites (tertiary alicyclic amines) is 1. The second kappa shape index (κ2) is 5.78. The molecule has 1 saturated heterocycles. The molecule has 1 unspecified atom stereocenters. The van der Waals surface area contributed by atoms with Gasteiger partial charge in [0.1, 0.15) is 11.6 Å². The highest BCUT2D eigenvalue weighted by Gasteiger charge is 2.33. The molecule has 24 heavy (non-hydrogen) atoms. The van der Waals surface area contributed by atoms with Crippen LogP contribution in [-0.2, 0) is 9.59 Å². The van der Waals surface area contributed by atoms with Crippen molar-refractivity contribution in [1.29, 1.82) is 0 Å². The molecule has 1 aromatic carbocycles. The molecule has 6 heteroatoms. The van der Waals surface area contributed by atoms with Crippen LogP contribution in [0, 0.1) is 0 Å². The molecule has 1 saturated carbocycles. The van der Waals surface area contributed by atoms with Crippen molar-refractivity contribution in [2.45, 2.75) is 37.6 Å². The van der Waals surface area contributed by atoms with Gasteiger partial charge in [-0.15, -0.1) is 0 Å². The van der Waals surface area contributed by atoms with Crippen LogP contribution in [-0.4, -0.2) is 34.3 Å². The molecule has 1 aromatic heterocycles. The zero-order chi connectivity index (χ0) is 16.7. The van der Waals surface area contributed by atoms with E-state index in [4.69, 9.17) is 4.42 Å². The summed E-state index contributed by atoms with van der Waals surface area (Å²) in [6, 6.07) is 5.00. The van der Waals surface area contributed by atoms with Gasteiger partial charge in [0.25, 0.3) is 0 Å². The Balaban J connectivity index is 1.51. The van der Waals surface area contributed by atoms with E-state index in [1.165, 1.54) is 6.08 Å². The van der Waals surface area contributed by atoms with Crippen LogP contribution in [0.25, 0.3) is 11.1 Å². The van der Waals surface area contributed by atoms with E-state index in [1.54, 1.807) is 11.0 Å². The summed E-state index contributed by atoms with van der Waals surface area (Å²) in [6.07, 6.45) is 5.01. The average molecular weight is 325 g/mol. The van der Waals surface area contributed by atoms with Crippen LogP contribution in [0.4, 0.5) is 5.69 Å². The Kier molecular flexibility index (Phi) is 3.59. The van der Waals surface area contributed by atoms with E-state index in [9.17, 15) is 9.59 Å². The zero-order valence-electron chi connectivity index (χ0n) is 13.3. The fourth-order valence-electron chi connectivity index (χ4n) is 3.17. The fourth-order valence-corrected chi connectivity index (χ4v) is 3.17. The van der Waals surface area contributed by atoms with E-state index in [2.05, 4.69) is 16.9 Å². The highest BCUT2D eigenvalue weighted by atomic mass is 16.3. The van der Waals surface area contributed by atoms with Gasteiger partial charge >= 0.3 is 0 Å². The molecule has 6 nitrogen and oxygen atoms in total. The van der Waals surface area contributed by atoms with Crippen molar-refractivity contribution >= 4 is 28.6 Å². The first-order valence-electron chi connectivity index (χ1n) is 8.30. The Morgan fingerprint density at radius 1 is 1.33 bits per heavy atom. The maximum Gasteiger partial charge on any atom is 0.247 e. The molecule has 1 aliphatic heterocycles. The molecule has 2 amide bonds. The van der Waals surface area contributed by atoms with Crippen molar-refractivity contribution in [3.63, 3.8) is 0 Å². The van der Waals surface area contributed by atoms with E-state index >= 15 is 0 Å². The van der Waals surface area contributed by atoms with Crippen molar-refractivity contribution in [3.8, 4) is 0 Å². The summed E-state index contributed by atoms with van der Waals surface area (Å²) in [5.41, 5.74) is 2.15. The highest BCUT2D eigenvalue weighted by Crippen LogP contribution is 2.40. The Morgan fingerprint density at radius 3 is 2.92 bits per heavy atom. The monoisotopic (exact) mass is 325 g/mol. The molecule has 1 atom stereocenters. The third kappa shape index (κ3) is 2.68. The van der Waals surface area contributed by atoms with E-state index in [1.807, 2.05) is 12.1 Å². The first-order chi connectivity index (χ1) is 11.7. The maximum atomic E-state index is 12.5. The number of nitrogens with one attached hydrogen (secondary N) is 1. The van der Waals surface area contributed by atoms with Gasteiger partial charge in [0.2, 0.25) is 11.8 Å². The van der Waals surface area contributed by atoms with Gasteiger partial charge in [0, 0.05) is 18.2 Å². The summed E-state index contributed by atoms with van der Waals surface area (Å²) in [7, 11) is 0. The van der Waals surface area contributed by atoms with E-state index < -0.39 is 6.04 Å². The maximum absolute atomic E-state index is 12.5. The molecule has 2 heterocycles. The standard InChI is InChI=1S/C18H19N3O3/c1-2-16(22)21-9-3-4-14(21)17(23)19-12-7-8-15-13(10-12)20-18(24-15)11-5-6-11/h2,7-8,10-11,14H,1,3-6,9H2,(H,19,23). The number of rotatable bonds is 4. The lowest BCUT2D eigenvalue weighted by molar-refractivity contribution is -0.132. The topological polar surface area (TPSA) is 75.4 Å². The molecule has 4 rings (SSSR count). The molecule has 0 radical (unpaired) electrons. The summed E-state index contributed by atoms with van der Waals surface area (Å²) >= 11 is 0. The van der Waals surface area contributed by atoms with Gasteiger partial charge in [-0.2, -0.15) is 0 Å². The molecule has 1 aliphatic carbocycles. The Hall–Kier alpha value is -2.63. The molecular weight excluding hydrogens is 306 g/mol. The SMILES string of the molecule is C=CC(=O)N1CCCC1C(=O)Nc1ccc2oc(C3CC3)nc2c1. The number of hydrogen-bond acceptors (Lipinski definition) is 4. The Morgan fingerprint density at radius 2 is 2.17 bits per heavy atom. The Bertz CT molecular complexity index is 822. The van der Waals surface area contributed by atoms with Crippen LogP contribution in [0.15, 0.2) is 35.3 Å². The number of fused-ring (bicyclic) bond motifs is 1. The molecule has 0 bridgehead atoms. The summed E-state index contributed by atoms with van der Waals surface area (Å²) in [4.78, 5) is 30.4. The van der Waals surface area contributed by atoms with Crippen molar-refractivity contribution < 1.29 is 14.0 Å². The van der Waals surface area contributed by atoms with Gasteiger partial charge in [0.15, 0.2) is 11.5 Å². The Labute approximate surface area is 139 Å². The fraction of sp³-hybridized carbons (Fsp3) is 0.389. The van der Waals surface area contributed by atoms with Crippen LogP contribution in [0.3, 0.4) is 0 Å². The van der Waals surface area contributed by atoms with Gasteiger partial charge in [-0.3, -0.25) is 9.59 Å². The minimum Gasteiger partial charge on any atom is -0.440 e. The van der Waals surface area contributed by atoms with Gasteiger partial charge < -0.3 is 14.6 Å². The number of benzene rings is 1. The van der Waals surface area contributed by atoms with Crippen molar-refractivity contribution in [2.75, 3.05) is 11.9 Å². The number of carbonyl (C=O) groups is 2. The number of nitrogens with zero attached hydrogens (tertiary/aromatic N) is 2. The molecule has 2 aliphatic rings. The number of anilines is 1. The lowest BCUT2D eigenvalue weighted by Crippen LogP contribution is -2.42. The summed E-state index contributed by atoms with van der Waals surface area (Å²) in [6.45, 7) is 4.09. The first kappa shape index (κ1) is 14.9. The average Bonchev–Trinajstić information content (AvgIpc) is 3.16. The number of aromatic nitrogens is 1. The first-order valence-corrected chi connectivity index (χ1v) is 8.30. The highest BCUT2D eigenvalue weighted by molar-refractivity contribution is 6.00. The number of oxazole rings is 1. The van der Waals surface area contributed by atoms with Crippen molar-refractivity contribution in [3.05, 3.63) is 36.7 Å². The summed E-state index contributed by atoms with van der Waals surface area (Å²) in [5, 5.41) is 2.89. The van der Waals surface area contributed by atoms with Gasteiger partial charge in [0.05, 0.1) is 0 Å². The molecule has 124 valence electrons. The third-order valence-electron chi connectivity index (χ3n) is 4.61. The second-order valence-electron chi connectivity index (χ2n) is 6.39. The smallest absolute Gasteiger partial charge is 0.247 e. The van der Waals surface area contributed by atoms with Crippen molar-refractivity contribution in [1.82, 2.24) is 9.88 Å². The predicted octanol–water partition coefficient (Wildman–Crippen LogP) is 2.82. The number of carbonyl (C=O) groups excluding carboxylic acids is 2. The summed E-state index contributed by atoms with van der Waals surface area (Å²) < 4.78 is 5.73. The van der Waals surface area contributed by atoms with E-state index in [0.717, 1.165) is 36.3 Å². The lowest BCUT2D eigenvalue weighted by atomic mass is 10.2. The molecule has 2 fully saturated rings. The number of hydrogen-bond donors (Lipinski definition) is 1. The van der Waals surface area contributed by atoms with E-state index in [0.29, 0.717) is 24.6 Å². The minimum atomic E-state index is -0.439. The molecule has 1 N–H and O–H groups in total. The predicted molar refractivity (Wildman–Crippen MR) is 89.5 cm³/mol. The van der Waals surface area contributed by atoms with Crippen LogP contribution >= 0.6 is 0 Å². The molecule has 2 aromatic rings. The zero-order valence-corrected chi connectivity index (χ0v) is 13.3. The largest absolute Gasteiger partial charge is 0.440 e. The molecule has 0 spiro atoms. The summed E-state index contributed by atoms with van der Waals surface area (Å²) in [5.74, 6) is 0.862. The third-order valence-corrected chi connectivity index (χ3v) is 4.61. The van der Waals surface area contributed by atoms with Gasteiger partial charge in [-0.25, -0.2) is 4.98 Å². The van der Waals surface area contributed by atoms with Gasteiger partial charge in [-0.05, 0) is 50.0 Å². The van der Waals surface area contributed by atoms with Crippen molar-refractivity contribution in [2.24, 2.45) is 0 Å². The van der Waals surface area contributed by atoms with Crippen LogP contribution in [0.5, 0.6) is 0 Å². The minimum absolute atomic E-state index is 0.173. The van der Waals surface area contributed by atoms with Crippen LogP contribution in [0.1, 0.15) is 37.5 Å². The van der Waals surface area contributed by atoms with Crippen LogP contribution < -0.4 is 5.32 Å². The number of amides is 2. The second-order valence-corrected chi connectivity index (χ2v) is 6.39.